The molecular weight excluding hydrogens is 481 g/mol. The zero-order valence-electron chi connectivity index (χ0n) is 21.2. The molecule has 0 bridgehead atoms. The number of unbranched alkanes of at least 4 members (excludes halogenated alkanes) is 5. The van der Waals surface area contributed by atoms with Gasteiger partial charge in [-0.2, -0.15) is 13.2 Å². The predicted molar refractivity (Wildman–Crippen MR) is 126 cm³/mol. The fourth-order valence-corrected chi connectivity index (χ4v) is 4.22. The van der Waals surface area contributed by atoms with Crippen molar-refractivity contribution in [3.63, 3.8) is 0 Å². The van der Waals surface area contributed by atoms with Crippen LogP contribution in [0.25, 0.3) is 0 Å². The van der Waals surface area contributed by atoms with Crippen molar-refractivity contribution in [2.45, 2.75) is 83.7 Å². The van der Waals surface area contributed by atoms with Crippen molar-refractivity contribution in [3.8, 4) is 5.75 Å². The fraction of sp³-hybridized carbons (Fsp3) is 0.640. The number of hydrogen-bond donors (Lipinski definition) is 2. The summed E-state index contributed by atoms with van der Waals surface area (Å²) in [6, 6.07) is 3.03. The number of benzene rings is 1. The van der Waals surface area contributed by atoms with Crippen molar-refractivity contribution in [2.75, 3.05) is 19.8 Å². The minimum atomic E-state index is -4.74. The SMILES string of the molecule is CCCCCCCCOc1ccc(C(=O)CNC(=O)C2(C)COC(C)(C)N2C(=O)O)cc1C(F)(F)F. The van der Waals surface area contributed by atoms with Gasteiger partial charge in [0.2, 0.25) is 5.91 Å². The molecule has 0 saturated carbocycles. The van der Waals surface area contributed by atoms with Crippen LogP contribution in [-0.4, -0.2) is 58.8 Å². The number of Topliss-reactive ketones (excluding diaryl/α,β-unsaturated/α-hetero) is 1. The summed E-state index contributed by atoms with van der Waals surface area (Å²) in [6.07, 6.45) is -0.333. The quantitative estimate of drug-likeness (QED) is 0.291. The highest BCUT2D eigenvalue weighted by Gasteiger charge is 2.56. The van der Waals surface area contributed by atoms with Gasteiger partial charge in [-0.05, 0) is 45.4 Å². The monoisotopic (exact) mass is 516 g/mol. The highest BCUT2D eigenvalue weighted by molar-refractivity contribution is 6.01. The second kappa shape index (κ2) is 11.9. The molecule has 2 rings (SSSR count). The lowest BCUT2D eigenvalue weighted by atomic mass is 9.99. The van der Waals surface area contributed by atoms with Gasteiger partial charge >= 0.3 is 12.3 Å². The third kappa shape index (κ3) is 7.11. The molecule has 36 heavy (non-hydrogen) atoms. The minimum Gasteiger partial charge on any atom is -0.493 e. The van der Waals surface area contributed by atoms with Crippen LogP contribution in [0.3, 0.4) is 0 Å². The molecule has 1 heterocycles. The van der Waals surface area contributed by atoms with Crippen LogP contribution in [0, 0.1) is 0 Å². The number of amides is 2. The van der Waals surface area contributed by atoms with Gasteiger partial charge in [0.1, 0.15) is 17.0 Å². The Labute approximate surface area is 209 Å². The number of carbonyl (C=O) groups excluding carboxylic acids is 2. The Balaban J connectivity index is 2.04. The smallest absolute Gasteiger partial charge is 0.419 e. The molecule has 1 aromatic carbocycles. The maximum atomic E-state index is 13.6. The summed E-state index contributed by atoms with van der Waals surface area (Å²) in [5, 5.41) is 11.9. The number of carboxylic acid groups (broad SMARTS) is 1. The topological polar surface area (TPSA) is 105 Å². The van der Waals surface area contributed by atoms with Crippen LogP contribution in [0.5, 0.6) is 5.75 Å². The third-order valence-corrected chi connectivity index (χ3v) is 6.19. The molecule has 202 valence electrons. The second-order valence-corrected chi connectivity index (χ2v) is 9.56. The molecule has 1 saturated heterocycles. The summed E-state index contributed by atoms with van der Waals surface area (Å²) >= 11 is 0. The average Bonchev–Trinajstić information content (AvgIpc) is 3.05. The summed E-state index contributed by atoms with van der Waals surface area (Å²) < 4.78 is 51.7. The number of carbonyl (C=O) groups is 3. The Morgan fingerprint density at radius 3 is 2.36 bits per heavy atom. The molecule has 1 aromatic rings. The molecule has 0 radical (unpaired) electrons. The number of halogens is 3. The molecule has 11 heteroatoms. The summed E-state index contributed by atoms with van der Waals surface area (Å²) in [5.74, 6) is -1.91. The molecule has 1 aliphatic heterocycles. The maximum Gasteiger partial charge on any atom is 0.419 e. The Hall–Kier alpha value is -2.82. The molecule has 8 nitrogen and oxygen atoms in total. The summed E-state index contributed by atoms with van der Waals surface area (Å²) in [7, 11) is 0. The molecule has 1 fully saturated rings. The number of hydrogen-bond acceptors (Lipinski definition) is 5. The molecule has 1 unspecified atom stereocenters. The Morgan fingerprint density at radius 1 is 1.11 bits per heavy atom. The van der Waals surface area contributed by atoms with Gasteiger partial charge in [-0.25, -0.2) is 4.79 Å². The third-order valence-electron chi connectivity index (χ3n) is 6.19. The highest BCUT2D eigenvalue weighted by Crippen LogP contribution is 2.37. The van der Waals surface area contributed by atoms with E-state index in [-0.39, 0.29) is 24.5 Å². The van der Waals surface area contributed by atoms with E-state index in [1.165, 1.54) is 26.8 Å². The fourth-order valence-electron chi connectivity index (χ4n) is 4.22. The molecule has 0 aliphatic carbocycles. The number of nitrogens with zero attached hydrogens (tertiary/aromatic N) is 1. The van der Waals surface area contributed by atoms with E-state index in [9.17, 15) is 32.7 Å². The van der Waals surface area contributed by atoms with Crippen molar-refractivity contribution in [1.82, 2.24) is 10.2 Å². The molecule has 1 atom stereocenters. The van der Waals surface area contributed by atoms with Crippen molar-refractivity contribution < 1.29 is 42.1 Å². The van der Waals surface area contributed by atoms with Gasteiger partial charge in [-0.1, -0.05) is 39.0 Å². The molecular formula is C25H35F3N2O6. The van der Waals surface area contributed by atoms with Crippen LogP contribution in [0.15, 0.2) is 18.2 Å². The van der Waals surface area contributed by atoms with Crippen LogP contribution >= 0.6 is 0 Å². The zero-order chi connectivity index (χ0) is 27.1. The Kier molecular flexibility index (Phi) is 9.76. The first kappa shape index (κ1) is 29.4. The number of rotatable bonds is 12. The zero-order valence-corrected chi connectivity index (χ0v) is 21.2. The van der Waals surface area contributed by atoms with E-state index < -0.39 is 47.3 Å². The predicted octanol–water partition coefficient (Wildman–Crippen LogP) is 5.25. The van der Waals surface area contributed by atoms with Crippen LogP contribution in [0.2, 0.25) is 0 Å². The largest absolute Gasteiger partial charge is 0.493 e. The molecule has 0 aromatic heterocycles. The number of nitrogens with one attached hydrogen (secondary N) is 1. The Bertz CT molecular complexity index is 950. The van der Waals surface area contributed by atoms with Gasteiger partial charge < -0.3 is 19.9 Å². The van der Waals surface area contributed by atoms with E-state index in [1.54, 1.807) is 0 Å². The number of ketones is 1. The van der Waals surface area contributed by atoms with Crippen LogP contribution in [0.4, 0.5) is 18.0 Å². The van der Waals surface area contributed by atoms with E-state index in [1.807, 2.05) is 0 Å². The second-order valence-electron chi connectivity index (χ2n) is 9.56. The molecule has 2 amide bonds. The minimum absolute atomic E-state index is 0.135. The summed E-state index contributed by atoms with van der Waals surface area (Å²) in [5.41, 5.74) is -4.20. The standard InChI is InChI=1S/C25H35F3N2O6/c1-5-6-7-8-9-10-13-35-20-12-11-17(14-18(20)25(26,27)28)19(31)15-29-21(32)24(4)16-36-23(2,3)30(24)22(33)34/h11-12,14H,5-10,13,15-16H2,1-4H3,(H,29,32)(H,33,34). The molecule has 2 N–H and O–H groups in total. The van der Waals surface area contributed by atoms with Crippen LogP contribution in [-0.2, 0) is 15.7 Å². The normalized spacial score (nSPS) is 19.2. The van der Waals surface area contributed by atoms with Crippen molar-refractivity contribution in [3.05, 3.63) is 29.3 Å². The van der Waals surface area contributed by atoms with Gasteiger partial charge in [-0.3, -0.25) is 14.5 Å². The first-order chi connectivity index (χ1) is 16.7. The van der Waals surface area contributed by atoms with Gasteiger partial charge in [0, 0.05) is 5.56 Å². The Morgan fingerprint density at radius 2 is 1.75 bits per heavy atom. The van der Waals surface area contributed by atoms with Gasteiger partial charge in [-0.15, -0.1) is 0 Å². The lowest BCUT2D eigenvalue weighted by Gasteiger charge is -2.36. The van der Waals surface area contributed by atoms with E-state index in [2.05, 4.69) is 12.2 Å². The van der Waals surface area contributed by atoms with E-state index in [0.717, 1.165) is 43.1 Å². The van der Waals surface area contributed by atoms with Crippen molar-refractivity contribution in [1.29, 1.82) is 0 Å². The van der Waals surface area contributed by atoms with Crippen molar-refractivity contribution >= 4 is 17.8 Å². The summed E-state index contributed by atoms with van der Waals surface area (Å²) in [6.45, 7) is 5.71. The number of alkyl halides is 3. The van der Waals surface area contributed by atoms with Crippen LogP contribution < -0.4 is 10.1 Å². The maximum absolute atomic E-state index is 13.6. The van der Waals surface area contributed by atoms with Gasteiger partial charge in [0.15, 0.2) is 5.78 Å². The van der Waals surface area contributed by atoms with Crippen molar-refractivity contribution in [2.24, 2.45) is 0 Å². The number of ether oxygens (including phenoxy) is 2. The first-order valence-electron chi connectivity index (χ1n) is 12.1. The molecule has 0 spiro atoms. The lowest BCUT2D eigenvalue weighted by molar-refractivity contribution is -0.139. The van der Waals surface area contributed by atoms with E-state index in [4.69, 9.17) is 9.47 Å². The van der Waals surface area contributed by atoms with Crippen LogP contribution in [0.1, 0.15) is 82.1 Å². The highest BCUT2D eigenvalue weighted by atomic mass is 19.4. The van der Waals surface area contributed by atoms with Gasteiger partial charge in [0.05, 0.1) is 25.3 Å². The average molecular weight is 517 g/mol. The first-order valence-corrected chi connectivity index (χ1v) is 12.1. The summed E-state index contributed by atoms with van der Waals surface area (Å²) in [4.78, 5) is 37.9. The molecule has 1 aliphatic rings. The lowest BCUT2D eigenvalue weighted by Crippen LogP contribution is -2.61. The van der Waals surface area contributed by atoms with E-state index in [0.29, 0.717) is 12.5 Å². The van der Waals surface area contributed by atoms with E-state index >= 15 is 0 Å². The van der Waals surface area contributed by atoms with Gasteiger partial charge in [0.25, 0.3) is 0 Å².